The second kappa shape index (κ2) is 5.27. The van der Waals surface area contributed by atoms with Crippen molar-refractivity contribution in [2.45, 2.75) is 32.3 Å². The summed E-state index contributed by atoms with van der Waals surface area (Å²) < 4.78 is 12.8. The lowest BCUT2D eigenvalue weighted by Crippen LogP contribution is -2.40. The number of carbonyl (C=O) groups is 1. The molecule has 17 heavy (non-hydrogen) atoms. The van der Waals surface area contributed by atoms with Gasteiger partial charge in [0.25, 0.3) is 0 Å². The van der Waals surface area contributed by atoms with Gasteiger partial charge in [-0.05, 0) is 24.6 Å². The van der Waals surface area contributed by atoms with E-state index in [-0.39, 0.29) is 11.2 Å². The van der Waals surface area contributed by atoms with Crippen LogP contribution in [-0.2, 0) is 10.2 Å². The number of halogens is 1. The highest BCUT2D eigenvalue weighted by molar-refractivity contribution is 5.80. The third-order valence-electron chi connectivity index (χ3n) is 2.71. The Labute approximate surface area is 101 Å². The Balaban J connectivity index is 2.68. The molecule has 1 aromatic carbocycles. The number of aliphatic hydroxyl groups is 1. The fourth-order valence-corrected chi connectivity index (χ4v) is 1.46. The number of amides is 1. The highest BCUT2D eigenvalue weighted by Crippen LogP contribution is 2.22. The zero-order valence-electron chi connectivity index (χ0n) is 10.3. The van der Waals surface area contributed by atoms with Gasteiger partial charge in [0, 0.05) is 12.0 Å². The molecule has 0 aliphatic heterocycles. The molecular weight excluding hydrogens is 221 g/mol. The lowest BCUT2D eigenvalue weighted by molar-refractivity contribution is -0.128. The van der Waals surface area contributed by atoms with E-state index >= 15 is 0 Å². The average molecular weight is 239 g/mol. The minimum atomic E-state index is -1.01. The monoisotopic (exact) mass is 239 g/mol. The second-order valence-electron chi connectivity index (χ2n) is 4.78. The maximum Gasteiger partial charge on any atom is 0.248 e. The first kappa shape index (κ1) is 13.6. The number of hydrogen-bond acceptors (Lipinski definition) is 2. The summed E-state index contributed by atoms with van der Waals surface area (Å²) in [5, 5.41) is 11.7. The zero-order chi connectivity index (χ0) is 13.1. The summed E-state index contributed by atoms with van der Waals surface area (Å²) >= 11 is 0. The Hall–Kier alpha value is -1.42. The van der Waals surface area contributed by atoms with E-state index in [1.807, 2.05) is 13.8 Å². The number of benzene rings is 1. The number of hydrogen-bond donors (Lipinski definition) is 2. The quantitative estimate of drug-likeness (QED) is 0.838. The van der Waals surface area contributed by atoms with E-state index < -0.39 is 12.0 Å². The van der Waals surface area contributed by atoms with Crippen LogP contribution in [0.15, 0.2) is 24.3 Å². The third-order valence-corrected chi connectivity index (χ3v) is 2.71. The highest BCUT2D eigenvalue weighted by Gasteiger charge is 2.22. The molecule has 0 saturated carbocycles. The topological polar surface area (TPSA) is 49.3 Å². The van der Waals surface area contributed by atoms with Gasteiger partial charge in [-0.15, -0.1) is 0 Å². The minimum Gasteiger partial charge on any atom is -0.384 e. The van der Waals surface area contributed by atoms with Crippen LogP contribution in [0.5, 0.6) is 0 Å². The van der Waals surface area contributed by atoms with Gasteiger partial charge in [-0.2, -0.15) is 0 Å². The molecule has 0 aromatic heterocycles. The molecule has 0 aliphatic rings. The van der Waals surface area contributed by atoms with E-state index in [0.717, 1.165) is 5.56 Å². The third kappa shape index (κ3) is 3.82. The maximum atomic E-state index is 12.8. The van der Waals surface area contributed by atoms with Gasteiger partial charge in [0.2, 0.25) is 5.91 Å². The van der Waals surface area contributed by atoms with E-state index in [9.17, 15) is 9.18 Å². The van der Waals surface area contributed by atoms with E-state index in [1.165, 1.54) is 19.1 Å². The largest absolute Gasteiger partial charge is 0.384 e. The van der Waals surface area contributed by atoms with Gasteiger partial charge < -0.3 is 10.4 Å². The summed E-state index contributed by atoms with van der Waals surface area (Å²) in [4.78, 5) is 11.3. The van der Waals surface area contributed by atoms with Gasteiger partial charge in [-0.25, -0.2) is 4.39 Å². The summed E-state index contributed by atoms with van der Waals surface area (Å²) in [6.45, 7) is 5.70. The Morgan fingerprint density at radius 2 is 1.94 bits per heavy atom. The predicted molar refractivity (Wildman–Crippen MR) is 64.1 cm³/mol. The fourth-order valence-electron chi connectivity index (χ4n) is 1.46. The van der Waals surface area contributed by atoms with Crippen LogP contribution in [0.1, 0.15) is 26.3 Å². The molecule has 0 radical (unpaired) electrons. The molecule has 0 spiro atoms. The molecule has 2 N–H and O–H groups in total. The number of nitrogens with one attached hydrogen (secondary N) is 1. The smallest absolute Gasteiger partial charge is 0.248 e. The number of aliphatic hydroxyl groups excluding tert-OH is 1. The molecule has 94 valence electrons. The van der Waals surface area contributed by atoms with Crippen molar-refractivity contribution >= 4 is 5.91 Å². The van der Waals surface area contributed by atoms with Crippen molar-refractivity contribution in [2.24, 2.45) is 0 Å². The predicted octanol–water partition coefficient (Wildman–Crippen LogP) is 1.60. The Bertz CT molecular complexity index is 385. The zero-order valence-corrected chi connectivity index (χ0v) is 10.3. The Kier molecular flexibility index (Phi) is 4.23. The van der Waals surface area contributed by atoms with Crippen LogP contribution in [0.2, 0.25) is 0 Å². The first-order valence-electron chi connectivity index (χ1n) is 5.55. The van der Waals surface area contributed by atoms with Crippen LogP contribution in [-0.4, -0.2) is 23.7 Å². The average Bonchev–Trinajstić information content (AvgIpc) is 2.26. The highest BCUT2D eigenvalue weighted by atomic mass is 19.1. The first-order chi connectivity index (χ1) is 7.83. The molecule has 0 aliphatic carbocycles. The second-order valence-corrected chi connectivity index (χ2v) is 4.78. The molecule has 1 aromatic rings. The molecule has 3 nitrogen and oxygen atoms in total. The van der Waals surface area contributed by atoms with Gasteiger partial charge in [-0.1, -0.05) is 26.0 Å². The van der Waals surface area contributed by atoms with Crippen molar-refractivity contribution in [3.05, 3.63) is 35.6 Å². The molecule has 1 atom stereocenters. The molecule has 1 amide bonds. The standard InChI is InChI=1S/C13H18FNO2/c1-9(16)12(17)15-8-13(2,3)10-4-6-11(14)7-5-10/h4-7,9,16H,8H2,1-3H3,(H,15,17). The fraction of sp³-hybridized carbons (Fsp3) is 0.462. The van der Waals surface area contributed by atoms with Crippen molar-refractivity contribution in [3.8, 4) is 0 Å². The SMILES string of the molecule is CC(O)C(=O)NCC(C)(C)c1ccc(F)cc1. The van der Waals surface area contributed by atoms with Crippen LogP contribution in [0.25, 0.3) is 0 Å². The Morgan fingerprint density at radius 3 is 2.41 bits per heavy atom. The van der Waals surface area contributed by atoms with Gasteiger partial charge in [0.1, 0.15) is 11.9 Å². The van der Waals surface area contributed by atoms with E-state index in [1.54, 1.807) is 12.1 Å². The van der Waals surface area contributed by atoms with Gasteiger partial charge in [-0.3, -0.25) is 4.79 Å². The van der Waals surface area contributed by atoms with Gasteiger partial charge in [0.15, 0.2) is 0 Å². The summed E-state index contributed by atoms with van der Waals surface area (Å²) in [7, 11) is 0. The van der Waals surface area contributed by atoms with Gasteiger partial charge in [0.05, 0.1) is 0 Å². The van der Waals surface area contributed by atoms with Crippen LogP contribution >= 0.6 is 0 Å². The normalized spacial score (nSPS) is 13.2. The van der Waals surface area contributed by atoms with Gasteiger partial charge >= 0.3 is 0 Å². The lowest BCUT2D eigenvalue weighted by Gasteiger charge is -2.26. The summed E-state index contributed by atoms with van der Waals surface area (Å²) in [5.74, 6) is -0.683. The van der Waals surface area contributed by atoms with E-state index in [2.05, 4.69) is 5.32 Å². The van der Waals surface area contributed by atoms with E-state index in [0.29, 0.717) is 6.54 Å². The van der Waals surface area contributed by atoms with Crippen LogP contribution in [0.4, 0.5) is 4.39 Å². The van der Waals surface area contributed by atoms with Crippen LogP contribution < -0.4 is 5.32 Å². The van der Waals surface area contributed by atoms with Crippen LogP contribution in [0.3, 0.4) is 0 Å². The van der Waals surface area contributed by atoms with Crippen molar-refractivity contribution in [1.29, 1.82) is 0 Å². The van der Waals surface area contributed by atoms with Crippen molar-refractivity contribution in [1.82, 2.24) is 5.32 Å². The number of rotatable bonds is 4. The van der Waals surface area contributed by atoms with Crippen molar-refractivity contribution < 1.29 is 14.3 Å². The molecule has 0 bridgehead atoms. The summed E-state index contributed by atoms with van der Waals surface area (Å²) in [6.07, 6.45) is -1.01. The van der Waals surface area contributed by atoms with E-state index in [4.69, 9.17) is 5.11 Å². The molecule has 1 unspecified atom stereocenters. The molecular formula is C13H18FNO2. The molecule has 1 rings (SSSR count). The summed E-state index contributed by atoms with van der Waals surface area (Å²) in [5.41, 5.74) is 0.628. The summed E-state index contributed by atoms with van der Waals surface area (Å²) in [6, 6.07) is 6.19. The lowest BCUT2D eigenvalue weighted by atomic mass is 9.84. The molecule has 0 saturated heterocycles. The number of carbonyl (C=O) groups excluding carboxylic acids is 1. The minimum absolute atomic E-state index is 0.280. The first-order valence-corrected chi connectivity index (χ1v) is 5.55. The van der Waals surface area contributed by atoms with Crippen molar-refractivity contribution in [3.63, 3.8) is 0 Å². The maximum absolute atomic E-state index is 12.8. The Morgan fingerprint density at radius 1 is 1.41 bits per heavy atom. The molecule has 0 fully saturated rings. The van der Waals surface area contributed by atoms with Crippen molar-refractivity contribution in [2.75, 3.05) is 6.54 Å². The molecule has 0 heterocycles. The van der Waals surface area contributed by atoms with Crippen LogP contribution in [0, 0.1) is 5.82 Å². The molecule has 4 heteroatoms.